The molecule has 0 saturated carbocycles. The number of aliphatic imine (C=N–C) groups is 1. The van der Waals surface area contributed by atoms with Crippen LogP contribution in [0.25, 0.3) is 21.2 Å². The monoisotopic (exact) mass is 1640 g/mol. The van der Waals surface area contributed by atoms with Crippen molar-refractivity contribution in [1.29, 1.82) is 0 Å². The van der Waals surface area contributed by atoms with E-state index in [0.29, 0.717) is 109 Å². The molecule has 0 aliphatic carbocycles. The highest BCUT2D eigenvalue weighted by Crippen LogP contribution is 2.24. The van der Waals surface area contributed by atoms with Crippen LogP contribution in [0.2, 0.25) is 0 Å². The highest BCUT2D eigenvalue weighted by atomic mass is 33.1. The van der Waals surface area contributed by atoms with E-state index in [-0.39, 0.29) is 145 Å². The first-order chi connectivity index (χ1) is 54.9. The third-order valence-corrected chi connectivity index (χ3v) is 20.0. The zero-order valence-electron chi connectivity index (χ0n) is 66.5. The number of azide groups is 1. The number of nitrogens with zero attached hydrogens (tertiary/aromatic N) is 4. The molecule has 3 aromatic carbocycles. The lowest BCUT2D eigenvalue weighted by molar-refractivity contribution is -0.135. The Labute approximate surface area is 675 Å². The average Bonchev–Trinajstić information content (AvgIpc) is 0.888. The van der Waals surface area contributed by atoms with Crippen molar-refractivity contribution >= 4 is 97.4 Å². The van der Waals surface area contributed by atoms with Gasteiger partial charge in [0.05, 0.1) is 98.3 Å². The first-order valence-electron chi connectivity index (χ1n) is 39.1. The molecule has 3 aromatic rings. The van der Waals surface area contributed by atoms with Crippen molar-refractivity contribution in [2.45, 2.75) is 179 Å². The van der Waals surface area contributed by atoms with Crippen molar-refractivity contribution in [1.82, 2.24) is 63.9 Å². The van der Waals surface area contributed by atoms with Crippen LogP contribution in [0, 0.1) is 5.92 Å². The third-order valence-electron chi connectivity index (χ3n) is 17.5. The Morgan fingerprint density at radius 2 is 1.10 bits per heavy atom. The maximum absolute atomic E-state index is 14.8. The molecule has 0 radical (unpaired) electrons. The van der Waals surface area contributed by atoms with Gasteiger partial charge in [-0.05, 0) is 123 Å². The van der Waals surface area contributed by atoms with Gasteiger partial charge in [-0.2, -0.15) is 4.91 Å². The molecule has 0 aromatic heterocycles. The van der Waals surface area contributed by atoms with Crippen LogP contribution in [0.5, 0.6) is 5.75 Å². The van der Waals surface area contributed by atoms with Crippen molar-refractivity contribution in [3.63, 3.8) is 0 Å². The third kappa shape index (κ3) is 44.2. The van der Waals surface area contributed by atoms with Crippen molar-refractivity contribution in [2.24, 2.45) is 33.3 Å². The fourth-order valence-electron chi connectivity index (χ4n) is 11.3. The molecule has 1 saturated heterocycles. The lowest BCUT2D eigenvalue weighted by Crippen LogP contribution is -2.59. The standard InChI is InChI=1S/C76H123N19O17S2/c1-51(2)81-28-11-8-18-60(70(101)83-32-33-107-34-35-108-36-37-109-38-39-110-40-41-111-42-43-112-49-53(5)69(100)89-59(68(77)99)17-10-13-31-86-95-94-80)90-75(106)65-50-114-113-44-27-66(97)87-64(46-54-22-25-58(96)26-23-54)74(105)92-61(19-9-12-29-82-52(3)4)72(103)91-62(20-14-30-84-76(78)79)73(104)93-63(71(102)85-48-67(98)88-65)47-55-21-24-56-15-6-7-16-57(56)45-55/h6-7,15-16,21-26,45,51-53,59-65,81-82,86,96H,8-14,17-20,27-44,46-50H2,1-5H3,(H2,77,99)(H,83,101)(H,85,102)(H,87,97)(H,88,98)(H,89,100)(H,90,106)(H,91,103)(H,92,105)(H,93,104)(H4,78,79,84)/t53?,59?,60?,61?,62-,63?,64?,65?/m1/s1. The molecule has 0 spiro atoms. The van der Waals surface area contributed by atoms with Gasteiger partial charge >= 0.3 is 0 Å². The van der Waals surface area contributed by atoms with Gasteiger partial charge in [0.15, 0.2) is 5.96 Å². The van der Waals surface area contributed by atoms with E-state index in [1.165, 1.54) is 22.9 Å². The number of phenolic OH excluding ortho intramolecular Hbond substituents is 1. The molecule has 1 fully saturated rings. The Balaban J connectivity index is 1.39. The van der Waals surface area contributed by atoms with Gasteiger partial charge in [-0.15, -0.1) is 5.53 Å². The van der Waals surface area contributed by atoms with E-state index in [2.05, 4.69) is 79.0 Å². The summed E-state index contributed by atoms with van der Waals surface area (Å²) in [7, 11) is 2.38. The van der Waals surface area contributed by atoms with E-state index in [0.717, 1.165) is 21.6 Å². The number of carbonyl (C=O) groups is 10. The van der Waals surface area contributed by atoms with Gasteiger partial charge in [0.2, 0.25) is 59.1 Å². The Kier molecular flexibility index (Phi) is 50.4. The molecule has 1 aliphatic rings. The van der Waals surface area contributed by atoms with Crippen molar-refractivity contribution in [3.8, 4) is 5.75 Å². The molecule has 7 unspecified atom stereocenters. The zero-order valence-corrected chi connectivity index (χ0v) is 68.1. The predicted molar refractivity (Wildman–Crippen MR) is 437 cm³/mol. The Bertz CT molecular complexity index is 3450. The highest BCUT2D eigenvalue weighted by molar-refractivity contribution is 8.76. The van der Waals surface area contributed by atoms with E-state index in [4.69, 9.17) is 51.2 Å². The van der Waals surface area contributed by atoms with Crippen LogP contribution in [-0.4, -0.2) is 255 Å². The minimum Gasteiger partial charge on any atom is -0.508 e. The molecule has 4 rings (SSSR count). The number of primary amides is 1. The maximum Gasteiger partial charge on any atom is 0.244 e. The van der Waals surface area contributed by atoms with Gasteiger partial charge in [0, 0.05) is 55.9 Å². The number of carbonyl (C=O) groups excluding carboxylic acids is 10. The molecular weight excluding hydrogens is 1520 g/mol. The van der Waals surface area contributed by atoms with Gasteiger partial charge in [-0.3, -0.25) is 58.4 Å². The topological polar surface area (TPSA) is 530 Å². The van der Waals surface area contributed by atoms with Gasteiger partial charge in [0.25, 0.3) is 0 Å². The lowest BCUT2D eigenvalue weighted by atomic mass is 10.00. The van der Waals surface area contributed by atoms with E-state index in [1.807, 2.05) is 70.2 Å². The molecule has 38 heteroatoms. The molecule has 36 nitrogen and oxygen atoms in total. The van der Waals surface area contributed by atoms with Gasteiger partial charge in [-0.25, -0.2) is 0 Å². The molecule has 114 heavy (non-hydrogen) atoms. The normalized spacial score (nSPS) is 17.8. The Morgan fingerprint density at radius 1 is 0.561 bits per heavy atom. The quantitative estimate of drug-likeness (QED) is 0.00554. The van der Waals surface area contributed by atoms with E-state index in [1.54, 1.807) is 19.1 Å². The van der Waals surface area contributed by atoms with Crippen LogP contribution in [-0.2, 0) is 89.2 Å². The van der Waals surface area contributed by atoms with Crippen LogP contribution in [0.15, 0.2) is 76.9 Å². The number of fused-ring (bicyclic) bond motifs is 1. The van der Waals surface area contributed by atoms with Crippen LogP contribution in [0.3, 0.4) is 0 Å². The number of ether oxygens (including phenoxy) is 6. The fraction of sp³-hybridized carbons (Fsp3) is 0.645. The number of benzene rings is 3. The number of phenols is 1. The molecule has 636 valence electrons. The molecule has 0 bridgehead atoms. The van der Waals surface area contributed by atoms with Crippen LogP contribution >= 0.6 is 21.6 Å². The van der Waals surface area contributed by atoms with Crippen LogP contribution in [0.4, 0.5) is 0 Å². The number of nitrogens with two attached hydrogens (primary N) is 3. The first kappa shape index (κ1) is 97.5. The summed E-state index contributed by atoms with van der Waals surface area (Å²) >= 11 is 0. The Hall–Kier alpha value is -8.82. The molecule has 1 aliphatic heterocycles. The predicted octanol–water partition coefficient (Wildman–Crippen LogP) is 1.34. The molecule has 19 N–H and O–H groups in total. The number of unbranched alkanes of at least 4 members (excludes halogenated alkanes) is 3. The highest BCUT2D eigenvalue weighted by Gasteiger charge is 2.34. The van der Waals surface area contributed by atoms with Gasteiger partial charge in [-0.1, -0.05) is 111 Å². The summed E-state index contributed by atoms with van der Waals surface area (Å²) in [6.07, 6.45) is 4.09. The fourth-order valence-corrected chi connectivity index (χ4v) is 13.5. The smallest absolute Gasteiger partial charge is 0.244 e. The van der Waals surface area contributed by atoms with Crippen molar-refractivity contribution < 1.29 is 81.5 Å². The number of hydrogen-bond acceptors (Lipinski definition) is 23. The molecule has 1 heterocycles. The summed E-state index contributed by atoms with van der Waals surface area (Å²) < 4.78 is 33.6. The second kappa shape index (κ2) is 58.9. The minimum absolute atomic E-state index is 0.0186. The maximum atomic E-state index is 14.8. The summed E-state index contributed by atoms with van der Waals surface area (Å²) in [4.78, 5) is 147. The van der Waals surface area contributed by atoms with Crippen LogP contribution in [0.1, 0.15) is 123 Å². The van der Waals surface area contributed by atoms with Crippen molar-refractivity contribution in [3.05, 3.63) is 88.3 Å². The minimum atomic E-state index is -1.35. The lowest BCUT2D eigenvalue weighted by Gasteiger charge is -2.27. The van der Waals surface area contributed by atoms with E-state index in [9.17, 15) is 53.1 Å². The second-order valence-electron chi connectivity index (χ2n) is 27.9. The molecular formula is C76H123N19O17S2. The summed E-state index contributed by atoms with van der Waals surface area (Å²) in [5.41, 5.74) is 28.9. The van der Waals surface area contributed by atoms with Gasteiger partial charge < -0.3 is 109 Å². The molecule has 8 atom stereocenters. The zero-order chi connectivity index (χ0) is 83.1. The second-order valence-corrected chi connectivity index (χ2v) is 30.5. The summed E-state index contributed by atoms with van der Waals surface area (Å²) in [5.74, 6) is -7.14. The van der Waals surface area contributed by atoms with Crippen LogP contribution < -0.4 is 81.1 Å². The summed E-state index contributed by atoms with van der Waals surface area (Å²) in [6, 6.07) is 11.3. The number of hydrogen-bond donors (Lipinski definition) is 16. The number of guanidine groups is 1. The number of amides is 10. The largest absolute Gasteiger partial charge is 0.508 e. The number of nitrogens with one attached hydrogen (secondary N) is 12. The summed E-state index contributed by atoms with van der Waals surface area (Å²) in [5, 5.41) is 47.0. The number of aromatic hydroxyl groups is 1. The average molecular weight is 1640 g/mol. The van der Waals surface area contributed by atoms with Gasteiger partial charge in [0.1, 0.15) is 48.0 Å². The first-order valence-corrected chi connectivity index (χ1v) is 41.6. The SMILES string of the molecule is CC(C)NCCCCC(NC(=O)C1CSSCCC(=O)NC(Cc2ccc(O)cc2)C(=O)NC(CCCCNC(C)C)C(=O)N[C@H](CCCN=C(N)N)C(=O)NC(Cc2ccc3ccccc3c2)C(=O)NCC(=O)N1)C(=O)NCCOCCOCCOCCOCCOCCOCC(C)C(=O)NC(CCCCNN=[N+]=[N-])C(N)=O. The number of rotatable bonds is 52. The van der Waals surface area contributed by atoms with E-state index < -0.39 is 108 Å². The van der Waals surface area contributed by atoms with Crippen molar-refractivity contribution in [2.75, 3.05) is 130 Å². The summed E-state index contributed by atoms with van der Waals surface area (Å²) in [6.45, 7) is 14.0. The molecule has 10 amide bonds. The van der Waals surface area contributed by atoms with E-state index >= 15 is 0 Å². The Morgan fingerprint density at radius 3 is 1.70 bits per heavy atom.